The molecule has 0 atom stereocenters. The van der Waals surface area contributed by atoms with Crippen molar-refractivity contribution in [3.63, 3.8) is 0 Å². The number of aromatic nitrogens is 1. The monoisotopic (exact) mass is 488 g/mol. The van der Waals surface area contributed by atoms with E-state index in [1.54, 1.807) is 18.4 Å². The van der Waals surface area contributed by atoms with E-state index in [9.17, 15) is 0 Å². The lowest BCUT2D eigenvalue weighted by atomic mass is 10.1. The van der Waals surface area contributed by atoms with Gasteiger partial charge >= 0.3 is 0 Å². The molecule has 26 heavy (non-hydrogen) atoms. The van der Waals surface area contributed by atoms with Crippen LogP contribution in [0.15, 0.2) is 28.6 Å². The van der Waals surface area contributed by atoms with E-state index in [1.807, 2.05) is 20.0 Å². The topological polar surface area (TPSA) is 49.8 Å². The zero-order chi connectivity index (χ0) is 18.2. The molecule has 5 nitrogen and oxygen atoms in total. The summed E-state index contributed by atoms with van der Waals surface area (Å²) in [5.74, 6) is 1.83. The van der Waals surface area contributed by atoms with Crippen molar-refractivity contribution >= 4 is 41.3 Å². The fraction of sp³-hybridized carbons (Fsp3) is 0.474. The Morgan fingerprint density at radius 3 is 2.73 bits per heavy atom. The number of thiazole rings is 1. The maximum absolute atomic E-state index is 5.45. The molecule has 0 unspecified atom stereocenters. The smallest absolute Gasteiger partial charge is 0.194 e. The van der Waals surface area contributed by atoms with Gasteiger partial charge in [0.1, 0.15) is 5.75 Å². The fourth-order valence-corrected chi connectivity index (χ4v) is 3.26. The Morgan fingerprint density at radius 2 is 2.12 bits per heavy atom. The van der Waals surface area contributed by atoms with Gasteiger partial charge in [0.15, 0.2) is 5.96 Å². The van der Waals surface area contributed by atoms with Crippen molar-refractivity contribution in [1.82, 2.24) is 15.2 Å². The molecule has 0 aliphatic heterocycles. The molecule has 0 saturated carbocycles. The van der Waals surface area contributed by atoms with Crippen molar-refractivity contribution < 1.29 is 4.74 Å². The number of nitrogens with zero attached hydrogens (tertiary/aromatic N) is 3. The number of rotatable bonds is 7. The number of hydrogen-bond acceptors (Lipinski definition) is 4. The molecule has 0 aliphatic rings. The average molecular weight is 488 g/mol. The molecule has 0 saturated heterocycles. The summed E-state index contributed by atoms with van der Waals surface area (Å²) >= 11 is 1.68. The average Bonchev–Trinajstić information content (AvgIpc) is 2.99. The molecule has 2 aromatic rings. The number of hydrogen-bond donors (Lipinski definition) is 1. The van der Waals surface area contributed by atoms with Crippen molar-refractivity contribution in [3.05, 3.63) is 45.4 Å². The third-order valence-electron chi connectivity index (χ3n) is 3.84. The molecule has 0 amide bonds. The molecule has 0 fully saturated rings. The van der Waals surface area contributed by atoms with Crippen molar-refractivity contribution in [2.45, 2.75) is 33.7 Å². The number of ether oxygens (including phenoxy) is 1. The molecule has 1 heterocycles. The highest BCUT2D eigenvalue weighted by Gasteiger charge is 2.09. The third-order valence-corrected chi connectivity index (χ3v) is 4.66. The predicted octanol–water partition coefficient (Wildman–Crippen LogP) is 4.03. The minimum absolute atomic E-state index is 0. The normalized spacial score (nSPS) is 11.0. The van der Waals surface area contributed by atoms with E-state index in [0.717, 1.165) is 41.9 Å². The maximum Gasteiger partial charge on any atom is 0.194 e. The fourth-order valence-electron chi connectivity index (χ4n) is 2.65. The minimum atomic E-state index is 0. The first-order chi connectivity index (χ1) is 12.0. The van der Waals surface area contributed by atoms with Crippen molar-refractivity contribution in [2.75, 3.05) is 27.2 Å². The maximum atomic E-state index is 5.45. The van der Waals surface area contributed by atoms with Crippen LogP contribution in [0.1, 0.15) is 28.8 Å². The molecule has 7 heteroatoms. The largest absolute Gasteiger partial charge is 0.496 e. The minimum Gasteiger partial charge on any atom is -0.496 e. The van der Waals surface area contributed by atoms with Crippen LogP contribution in [0.2, 0.25) is 0 Å². The van der Waals surface area contributed by atoms with Gasteiger partial charge in [-0.2, -0.15) is 0 Å². The van der Waals surface area contributed by atoms with Crippen LogP contribution in [0.4, 0.5) is 0 Å². The molecule has 0 spiro atoms. The van der Waals surface area contributed by atoms with E-state index < -0.39 is 0 Å². The first-order valence-electron chi connectivity index (χ1n) is 8.57. The molecule has 0 radical (unpaired) electrons. The van der Waals surface area contributed by atoms with Gasteiger partial charge in [0.2, 0.25) is 0 Å². The molecule has 1 aromatic carbocycles. The number of methoxy groups -OCH3 is 1. The highest BCUT2D eigenvalue weighted by molar-refractivity contribution is 14.0. The summed E-state index contributed by atoms with van der Waals surface area (Å²) in [7, 11) is 3.76. The Morgan fingerprint density at radius 1 is 1.35 bits per heavy atom. The molecule has 2 rings (SSSR count). The molecule has 1 N–H and O–H groups in total. The summed E-state index contributed by atoms with van der Waals surface area (Å²) < 4.78 is 5.45. The number of nitrogens with one attached hydrogen (secondary N) is 1. The summed E-state index contributed by atoms with van der Waals surface area (Å²) in [6.45, 7) is 8.52. The van der Waals surface area contributed by atoms with Crippen LogP contribution in [0.25, 0.3) is 0 Å². The lowest BCUT2D eigenvalue weighted by Gasteiger charge is -2.21. The number of halogens is 1. The van der Waals surface area contributed by atoms with Crippen LogP contribution in [0, 0.1) is 13.8 Å². The molecular weight excluding hydrogens is 459 g/mol. The zero-order valence-corrected chi connectivity index (χ0v) is 19.4. The number of guanidine groups is 1. The highest BCUT2D eigenvalue weighted by atomic mass is 127. The molecule has 0 bridgehead atoms. The summed E-state index contributed by atoms with van der Waals surface area (Å²) in [5.41, 5.74) is 3.51. The summed E-state index contributed by atoms with van der Waals surface area (Å²) in [5, 5.41) is 6.55. The van der Waals surface area contributed by atoms with Crippen LogP contribution in [-0.4, -0.2) is 43.1 Å². The van der Waals surface area contributed by atoms with Gasteiger partial charge < -0.3 is 15.0 Å². The second-order valence-corrected chi connectivity index (χ2v) is 7.08. The Bertz CT molecular complexity index is 717. The Kier molecular flexibility index (Phi) is 9.93. The first kappa shape index (κ1) is 22.7. The predicted molar refractivity (Wildman–Crippen MR) is 121 cm³/mol. The van der Waals surface area contributed by atoms with Crippen LogP contribution >= 0.6 is 35.3 Å². The van der Waals surface area contributed by atoms with E-state index >= 15 is 0 Å². The van der Waals surface area contributed by atoms with Gasteiger partial charge in [-0.3, -0.25) is 4.99 Å². The van der Waals surface area contributed by atoms with Crippen LogP contribution in [0.3, 0.4) is 0 Å². The van der Waals surface area contributed by atoms with Gasteiger partial charge in [-0.05, 0) is 38.8 Å². The Balaban J connectivity index is 0.00000338. The number of benzene rings is 1. The Hall–Kier alpha value is -1.35. The summed E-state index contributed by atoms with van der Waals surface area (Å²) in [6.07, 6.45) is 0.851. The summed E-state index contributed by atoms with van der Waals surface area (Å²) in [6, 6.07) is 6.26. The SMILES string of the molecule is CCNC(=NCCc1cc(C)ccc1OC)N(C)Cc1csc(C)n1.I. The van der Waals surface area contributed by atoms with Crippen molar-refractivity contribution in [3.8, 4) is 5.75 Å². The standard InChI is InChI=1S/C19H28N4OS.HI/c1-6-20-19(23(4)12-17-13-25-15(3)22-17)21-10-9-16-11-14(2)7-8-18(16)24-5;/h7-8,11,13H,6,9-10,12H2,1-5H3,(H,20,21);1H. The van der Waals surface area contributed by atoms with Gasteiger partial charge in [0.05, 0.1) is 24.4 Å². The van der Waals surface area contributed by atoms with Crippen molar-refractivity contribution in [2.24, 2.45) is 4.99 Å². The third kappa shape index (κ3) is 6.75. The van der Waals surface area contributed by atoms with E-state index in [2.05, 4.69) is 46.6 Å². The molecule has 144 valence electrons. The van der Waals surface area contributed by atoms with E-state index in [-0.39, 0.29) is 24.0 Å². The van der Waals surface area contributed by atoms with Crippen LogP contribution in [0.5, 0.6) is 5.75 Å². The van der Waals surface area contributed by atoms with Gasteiger partial charge in [-0.15, -0.1) is 35.3 Å². The van der Waals surface area contributed by atoms with Gasteiger partial charge in [0.25, 0.3) is 0 Å². The first-order valence-corrected chi connectivity index (χ1v) is 9.45. The van der Waals surface area contributed by atoms with E-state index in [4.69, 9.17) is 9.73 Å². The lowest BCUT2D eigenvalue weighted by Crippen LogP contribution is -2.38. The van der Waals surface area contributed by atoms with Gasteiger partial charge in [-0.25, -0.2) is 4.98 Å². The molecule has 0 aliphatic carbocycles. The summed E-state index contributed by atoms with van der Waals surface area (Å²) in [4.78, 5) is 11.4. The van der Waals surface area contributed by atoms with Gasteiger partial charge in [0, 0.05) is 25.5 Å². The molecule has 1 aromatic heterocycles. The molecular formula is C19H29IN4OS. The van der Waals surface area contributed by atoms with E-state index in [1.165, 1.54) is 11.1 Å². The van der Waals surface area contributed by atoms with Gasteiger partial charge in [-0.1, -0.05) is 17.7 Å². The van der Waals surface area contributed by atoms with Crippen LogP contribution < -0.4 is 10.1 Å². The lowest BCUT2D eigenvalue weighted by molar-refractivity contribution is 0.409. The number of aryl methyl sites for hydroxylation is 2. The van der Waals surface area contributed by atoms with Crippen molar-refractivity contribution in [1.29, 1.82) is 0 Å². The van der Waals surface area contributed by atoms with E-state index in [0.29, 0.717) is 6.54 Å². The van der Waals surface area contributed by atoms with Crippen LogP contribution in [-0.2, 0) is 13.0 Å². The second kappa shape index (κ2) is 11.4. The Labute approximate surface area is 177 Å². The zero-order valence-electron chi connectivity index (χ0n) is 16.2. The second-order valence-electron chi connectivity index (χ2n) is 6.01. The quantitative estimate of drug-likeness (QED) is 0.364. The number of aliphatic imine (C=N–C) groups is 1. The highest BCUT2D eigenvalue weighted by Crippen LogP contribution is 2.20.